The second kappa shape index (κ2) is 4.57. The molecule has 0 unspecified atom stereocenters. The summed E-state index contributed by atoms with van der Waals surface area (Å²) in [5, 5.41) is 10.5. The summed E-state index contributed by atoms with van der Waals surface area (Å²) in [5.41, 5.74) is 0.837. The third-order valence-corrected chi connectivity index (χ3v) is 2.70. The van der Waals surface area contributed by atoms with E-state index >= 15 is 0 Å². The van der Waals surface area contributed by atoms with Crippen molar-refractivity contribution in [3.05, 3.63) is 39.9 Å². The maximum atomic E-state index is 13.1. The first-order valence-corrected chi connectivity index (χ1v) is 5.17. The standard InChI is InChI=1S/C11H12FNO3/c12-9-5-6-16-11(7-9)8-1-3-10(4-2-8)13(14)15/h1-4,9,11H,5-7H2/t9-,11+/m0/s1. The molecule has 1 saturated heterocycles. The van der Waals surface area contributed by atoms with Crippen LogP contribution in [-0.2, 0) is 4.74 Å². The molecule has 0 N–H and O–H groups in total. The molecule has 0 saturated carbocycles. The molecule has 2 atom stereocenters. The normalized spacial score (nSPS) is 25.3. The summed E-state index contributed by atoms with van der Waals surface area (Å²) in [5.74, 6) is 0. The van der Waals surface area contributed by atoms with Crippen molar-refractivity contribution in [3.63, 3.8) is 0 Å². The van der Waals surface area contributed by atoms with Crippen LogP contribution in [-0.4, -0.2) is 17.7 Å². The predicted molar refractivity (Wildman–Crippen MR) is 55.9 cm³/mol. The van der Waals surface area contributed by atoms with Crippen molar-refractivity contribution in [1.82, 2.24) is 0 Å². The lowest BCUT2D eigenvalue weighted by Gasteiger charge is -2.25. The fourth-order valence-electron chi connectivity index (χ4n) is 1.80. The summed E-state index contributed by atoms with van der Waals surface area (Å²) in [6, 6.07) is 6.09. The van der Waals surface area contributed by atoms with Gasteiger partial charge in [0.2, 0.25) is 0 Å². The zero-order valence-electron chi connectivity index (χ0n) is 8.64. The number of hydrogen-bond donors (Lipinski definition) is 0. The molecule has 86 valence electrons. The predicted octanol–water partition coefficient (Wildman–Crippen LogP) is 2.78. The van der Waals surface area contributed by atoms with Crippen LogP contribution in [0, 0.1) is 10.1 Å². The lowest BCUT2D eigenvalue weighted by molar-refractivity contribution is -0.384. The van der Waals surface area contributed by atoms with Crippen molar-refractivity contribution >= 4 is 5.69 Å². The van der Waals surface area contributed by atoms with Crippen LogP contribution in [0.2, 0.25) is 0 Å². The Morgan fingerprint density at radius 2 is 2.06 bits per heavy atom. The maximum absolute atomic E-state index is 13.1. The first-order valence-electron chi connectivity index (χ1n) is 5.17. The smallest absolute Gasteiger partial charge is 0.269 e. The average Bonchev–Trinajstić information content (AvgIpc) is 2.29. The molecule has 16 heavy (non-hydrogen) atoms. The van der Waals surface area contributed by atoms with E-state index in [9.17, 15) is 14.5 Å². The second-order valence-electron chi connectivity index (χ2n) is 3.83. The summed E-state index contributed by atoms with van der Waals surface area (Å²) in [6.45, 7) is 0.406. The van der Waals surface area contributed by atoms with Gasteiger partial charge in [-0.05, 0) is 17.7 Å². The molecule has 0 aromatic heterocycles. The van der Waals surface area contributed by atoms with E-state index in [1.807, 2.05) is 0 Å². The Balaban J connectivity index is 2.11. The number of nitro groups is 1. The van der Waals surface area contributed by atoms with E-state index in [4.69, 9.17) is 4.74 Å². The number of halogens is 1. The molecule has 5 heteroatoms. The number of non-ortho nitro benzene ring substituents is 1. The number of nitro benzene ring substituents is 1. The summed E-state index contributed by atoms with van der Waals surface area (Å²) in [6.07, 6.45) is -0.347. The number of nitrogens with zero attached hydrogens (tertiary/aromatic N) is 1. The van der Waals surface area contributed by atoms with E-state index in [1.165, 1.54) is 12.1 Å². The van der Waals surface area contributed by atoms with Gasteiger partial charge in [0.15, 0.2) is 0 Å². The van der Waals surface area contributed by atoms with Crippen molar-refractivity contribution in [2.75, 3.05) is 6.61 Å². The molecule has 1 aromatic carbocycles. The van der Waals surface area contributed by atoms with E-state index in [-0.39, 0.29) is 11.8 Å². The molecule has 2 rings (SSSR count). The Hall–Kier alpha value is -1.49. The van der Waals surface area contributed by atoms with E-state index in [0.29, 0.717) is 19.4 Å². The molecule has 1 aliphatic rings. The molecule has 4 nitrogen and oxygen atoms in total. The Bertz CT molecular complexity index is 379. The van der Waals surface area contributed by atoms with Gasteiger partial charge in [-0.3, -0.25) is 10.1 Å². The van der Waals surface area contributed by atoms with Crippen molar-refractivity contribution in [3.8, 4) is 0 Å². The van der Waals surface area contributed by atoms with Gasteiger partial charge in [0, 0.05) is 25.0 Å². The first kappa shape index (κ1) is 11.0. The van der Waals surface area contributed by atoms with Gasteiger partial charge in [-0.25, -0.2) is 4.39 Å². The van der Waals surface area contributed by atoms with Crippen LogP contribution in [0.1, 0.15) is 24.5 Å². The highest BCUT2D eigenvalue weighted by molar-refractivity contribution is 5.33. The van der Waals surface area contributed by atoms with Crippen LogP contribution in [0.4, 0.5) is 10.1 Å². The number of ether oxygens (including phenoxy) is 1. The minimum atomic E-state index is -0.839. The van der Waals surface area contributed by atoms with Gasteiger partial charge in [-0.15, -0.1) is 0 Å². The molecule has 0 spiro atoms. The Kier molecular flexibility index (Phi) is 3.14. The van der Waals surface area contributed by atoms with Crippen LogP contribution < -0.4 is 0 Å². The summed E-state index contributed by atoms with van der Waals surface area (Å²) in [7, 11) is 0. The van der Waals surface area contributed by atoms with Crippen LogP contribution in [0.15, 0.2) is 24.3 Å². The van der Waals surface area contributed by atoms with Crippen molar-refractivity contribution in [2.45, 2.75) is 25.1 Å². The van der Waals surface area contributed by atoms with E-state index in [2.05, 4.69) is 0 Å². The van der Waals surface area contributed by atoms with Gasteiger partial charge in [-0.1, -0.05) is 0 Å². The van der Waals surface area contributed by atoms with Crippen LogP contribution in [0.25, 0.3) is 0 Å². The topological polar surface area (TPSA) is 52.4 Å². The molecular weight excluding hydrogens is 213 g/mol. The van der Waals surface area contributed by atoms with Gasteiger partial charge in [-0.2, -0.15) is 0 Å². The molecule has 1 aliphatic heterocycles. The SMILES string of the molecule is O=[N+]([O-])c1ccc([C@H]2C[C@@H](F)CCO2)cc1. The molecular formula is C11H12FNO3. The Morgan fingerprint density at radius 3 is 2.62 bits per heavy atom. The molecule has 1 aromatic rings. The maximum Gasteiger partial charge on any atom is 0.269 e. The number of alkyl halides is 1. The zero-order chi connectivity index (χ0) is 11.5. The summed E-state index contributed by atoms with van der Waals surface area (Å²) in [4.78, 5) is 10.00. The number of hydrogen-bond acceptors (Lipinski definition) is 3. The van der Waals surface area contributed by atoms with Gasteiger partial charge >= 0.3 is 0 Å². The third-order valence-electron chi connectivity index (χ3n) is 2.70. The molecule has 1 heterocycles. The summed E-state index contributed by atoms with van der Waals surface area (Å²) < 4.78 is 18.6. The fraction of sp³-hybridized carbons (Fsp3) is 0.455. The highest BCUT2D eigenvalue weighted by atomic mass is 19.1. The third kappa shape index (κ3) is 2.36. The number of rotatable bonds is 2. The van der Waals surface area contributed by atoms with E-state index in [1.54, 1.807) is 12.1 Å². The number of benzene rings is 1. The van der Waals surface area contributed by atoms with Gasteiger partial charge < -0.3 is 4.74 Å². The minimum Gasteiger partial charge on any atom is -0.373 e. The summed E-state index contributed by atoms with van der Waals surface area (Å²) >= 11 is 0. The second-order valence-corrected chi connectivity index (χ2v) is 3.83. The lowest BCUT2D eigenvalue weighted by atomic mass is 10.00. The van der Waals surface area contributed by atoms with Gasteiger partial charge in [0.05, 0.1) is 17.6 Å². The van der Waals surface area contributed by atoms with Gasteiger partial charge in [0.25, 0.3) is 5.69 Å². The molecule has 0 radical (unpaired) electrons. The largest absolute Gasteiger partial charge is 0.373 e. The average molecular weight is 225 g/mol. The lowest BCUT2D eigenvalue weighted by Crippen LogP contribution is -2.20. The highest BCUT2D eigenvalue weighted by Crippen LogP contribution is 2.30. The van der Waals surface area contributed by atoms with Crippen LogP contribution >= 0.6 is 0 Å². The zero-order valence-corrected chi connectivity index (χ0v) is 8.64. The Labute approximate surface area is 92.2 Å². The highest BCUT2D eigenvalue weighted by Gasteiger charge is 2.23. The van der Waals surface area contributed by atoms with Crippen molar-refractivity contribution in [2.24, 2.45) is 0 Å². The quantitative estimate of drug-likeness (QED) is 0.574. The fourth-order valence-corrected chi connectivity index (χ4v) is 1.80. The minimum absolute atomic E-state index is 0.0383. The monoisotopic (exact) mass is 225 g/mol. The molecule has 0 amide bonds. The van der Waals surface area contributed by atoms with Gasteiger partial charge in [0.1, 0.15) is 6.17 Å². The molecule has 0 bridgehead atoms. The van der Waals surface area contributed by atoms with Crippen LogP contribution in [0.3, 0.4) is 0 Å². The Morgan fingerprint density at radius 1 is 1.38 bits per heavy atom. The van der Waals surface area contributed by atoms with Crippen molar-refractivity contribution in [1.29, 1.82) is 0 Å². The van der Waals surface area contributed by atoms with E-state index in [0.717, 1.165) is 5.56 Å². The molecule has 0 aliphatic carbocycles. The van der Waals surface area contributed by atoms with Crippen molar-refractivity contribution < 1.29 is 14.1 Å². The molecule has 1 fully saturated rings. The van der Waals surface area contributed by atoms with E-state index < -0.39 is 11.1 Å². The van der Waals surface area contributed by atoms with Crippen LogP contribution in [0.5, 0.6) is 0 Å². The first-order chi connectivity index (χ1) is 7.66.